The minimum absolute atomic E-state index is 0.0765. The Bertz CT molecular complexity index is 694. The van der Waals surface area contributed by atoms with E-state index in [0.29, 0.717) is 18.7 Å². The Labute approximate surface area is 141 Å². The first-order chi connectivity index (χ1) is 11.7. The van der Waals surface area contributed by atoms with E-state index in [1.54, 1.807) is 11.1 Å². The Hall–Kier alpha value is -2.44. The number of hydrogen-bond donors (Lipinski definition) is 1. The largest absolute Gasteiger partial charge is 0.346 e. The number of hydrogen-bond acceptors (Lipinski definition) is 4. The molecule has 1 atom stereocenters. The lowest BCUT2D eigenvalue weighted by Crippen LogP contribution is -2.41. The van der Waals surface area contributed by atoms with E-state index < -0.39 is 0 Å². The van der Waals surface area contributed by atoms with Crippen molar-refractivity contribution in [1.29, 1.82) is 0 Å². The SMILES string of the molecule is CCC(NC(=O)CN1CCCCCC1=O)c1cn2cccnc2n1. The van der Waals surface area contributed by atoms with E-state index in [1.807, 2.05) is 29.8 Å². The van der Waals surface area contributed by atoms with Crippen LogP contribution in [0, 0.1) is 0 Å². The summed E-state index contributed by atoms with van der Waals surface area (Å²) in [4.78, 5) is 34.7. The molecule has 0 aromatic carbocycles. The quantitative estimate of drug-likeness (QED) is 0.905. The molecule has 24 heavy (non-hydrogen) atoms. The fourth-order valence-electron chi connectivity index (χ4n) is 3.02. The molecule has 1 saturated heterocycles. The maximum absolute atomic E-state index is 12.4. The second kappa shape index (κ2) is 7.42. The minimum Gasteiger partial charge on any atom is -0.346 e. The van der Waals surface area contributed by atoms with E-state index >= 15 is 0 Å². The first kappa shape index (κ1) is 16.4. The number of carbonyl (C=O) groups is 2. The lowest BCUT2D eigenvalue weighted by molar-refractivity contribution is -0.135. The number of amides is 2. The van der Waals surface area contributed by atoms with Gasteiger partial charge in [-0.1, -0.05) is 13.3 Å². The summed E-state index contributed by atoms with van der Waals surface area (Å²) in [7, 11) is 0. The predicted octanol–water partition coefficient (Wildman–Crippen LogP) is 1.70. The number of likely N-dealkylation sites (tertiary alicyclic amines) is 1. The third-order valence-corrected chi connectivity index (χ3v) is 4.36. The van der Waals surface area contributed by atoms with Crippen LogP contribution in [0.4, 0.5) is 0 Å². The standard InChI is InChI=1S/C17H23N5O2/c1-2-13(14-11-22-10-6-8-18-17(22)20-14)19-15(23)12-21-9-5-3-4-7-16(21)24/h6,8,10-11,13H,2-5,7,9,12H2,1H3,(H,19,23). The molecule has 1 aliphatic heterocycles. The van der Waals surface area contributed by atoms with E-state index in [2.05, 4.69) is 15.3 Å². The molecule has 1 fully saturated rings. The fraction of sp³-hybridized carbons (Fsp3) is 0.529. The highest BCUT2D eigenvalue weighted by Gasteiger charge is 2.22. The maximum Gasteiger partial charge on any atom is 0.240 e. The summed E-state index contributed by atoms with van der Waals surface area (Å²) in [6, 6.07) is 1.66. The summed E-state index contributed by atoms with van der Waals surface area (Å²) in [6.07, 6.45) is 9.66. The van der Waals surface area contributed by atoms with Crippen LogP contribution >= 0.6 is 0 Å². The van der Waals surface area contributed by atoms with Crippen LogP contribution < -0.4 is 5.32 Å². The van der Waals surface area contributed by atoms with E-state index in [-0.39, 0.29) is 24.4 Å². The predicted molar refractivity (Wildman–Crippen MR) is 89.2 cm³/mol. The monoisotopic (exact) mass is 329 g/mol. The van der Waals surface area contributed by atoms with Gasteiger partial charge in [-0.25, -0.2) is 9.97 Å². The minimum atomic E-state index is -0.179. The van der Waals surface area contributed by atoms with E-state index in [4.69, 9.17) is 0 Å². The van der Waals surface area contributed by atoms with Crippen LogP contribution in [0.15, 0.2) is 24.7 Å². The summed E-state index contributed by atoms with van der Waals surface area (Å²) in [6.45, 7) is 2.79. The van der Waals surface area contributed by atoms with Crippen molar-refractivity contribution in [2.24, 2.45) is 0 Å². The highest BCUT2D eigenvalue weighted by atomic mass is 16.2. The summed E-state index contributed by atoms with van der Waals surface area (Å²) in [5.74, 6) is 0.553. The van der Waals surface area contributed by atoms with Gasteiger partial charge in [0.1, 0.15) is 0 Å². The first-order valence-corrected chi connectivity index (χ1v) is 8.54. The van der Waals surface area contributed by atoms with Gasteiger partial charge >= 0.3 is 0 Å². The first-order valence-electron chi connectivity index (χ1n) is 8.54. The molecule has 0 bridgehead atoms. The Morgan fingerprint density at radius 1 is 1.38 bits per heavy atom. The zero-order valence-electron chi connectivity index (χ0n) is 13.9. The van der Waals surface area contributed by atoms with Crippen molar-refractivity contribution >= 4 is 17.6 Å². The molecule has 128 valence electrons. The molecule has 1 unspecified atom stereocenters. The van der Waals surface area contributed by atoms with Crippen molar-refractivity contribution in [1.82, 2.24) is 24.6 Å². The highest BCUT2D eigenvalue weighted by Crippen LogP contribution is 2.16. The highest BCUT2D eigenvalue weighted by molar-refractivity contribution is 5.85. The molecule has 0 aliphatic carbocycles. The van der Waals surface area contributed by atoms with Crippen molar-refractivity contribution in [3.05, 3.63) is 30.4 Å². The number of rotatable bonds is 5. The number of imidazole rings is 1. The van der Waals surface area contributed by atoms with Crippen LogP contribution in [0.1, 0.15) is 50.8 Å². The van der Waals surface area contributed by atoms with Crippen LogP contribution in [0.2, 0.25) is 0 Å². The fourth-order valence-corrected chi connectivity index (χ4v) is 3.02. The molecule has 3 heterocycles. The van der Waals surface area contributed by atoms with E-state index in [0.717, 1.165) is 31.4 Å². The molecular weight excluding hydrogens is 306 g/mol. The molecule has 2 aromatic rings. The summed E-state index contributed by atoms with van der Waals surface area (Å²) >= 11 is 0. The van der Waals surface area contributed by atoms with Gasteiger partial charge < -0.3 is 10.2 Å². The van der Waals surface area contributed by atoms with Gasteiger partial charge in [0.25, 0.3) is 0 Å². The zero-order chi connectivity index (χ0) is 16.9. The van der Waals surface area contributed by atoms with Crippen molar-refractivity contribution in [3.8, 4) is 0 Å². The molecular formula is C17H23N5O2. The molecule has 7 nitrogen and oxygen atoms in total. The van der Waals surface area contributed by atoms with Crippen molar-refractivity contribution in [2.45, 2.75) is 45.1 Å². The summed E-state index contributed by atoms with van der Waals surface area (Å²) in [5.41, 5.74) is 0.784. The van der Waals surface area contributed by atoms with Gasteiger partial charge in [-0.15, -0.1) is 0 Å². The second-order valence-corrected chi connectivity index (χ2v) is 6.15. The molecule has 2 amide bonds. The third kappa shape index (κ3) is 3.72. The molecule has 1 N–H and O–H groups in total. The zero-order valence-corrected chi connectivity index (χ0v) is 13.9. The lowest BCUT2D eigenvalue weighted by Gasteiger charge is -2.22. The average molecular weight is 329 g/mol. The molecule has 3 rings (SSSR count). The average Bonchev–Trinajstić information content (AvgIpc) is 2.92. The smallest absolute Gasteiger partial charge is 0.240 e. The Balaban J connectivity index is 1.65. The number of aromatic nitrogens is 3. The summed E-state index contributed by atoms with van der Waals surface area (Å²) < 4.78 is 1.84. The third-order valence-electron chi connectivity index (χ3n) is 4.36. The molecule has 0 spiro atoms. The number of nitrogens with zero attached hydrogens (tertiary/aromatic N) is 4. The molecule has 7 heteroatoms. The van der Waals surface area contributed by atoms with Crippen molar-refractivity contribution in [2.75, 3.05) is 13.1 Å². The Morgan fingerprint density at radius 2 is 2.25 bits per heavy atom. The lowest BCUT2D eigenvalue weighted by atomic mass is 10.1. The van der Waals surface area contributed by atoms with Gasteiger partial charge in [0.2, 0.25) is 17.6 Å². The van der Waals surface area contributed by atoms with Gasteiger partial charge in [0.15, 0.2) is 0 Å². The van der Waals surface area contributed by atoms with E-state index in [9.17, 15) is 9.59 Å². The van der Waals surface area contributed by atoms with Crippen molar-refractivity contribution in [3.63, 3.8) is 0 Å². The van der Waals surface area contributed by atoms with Gasteiger partial charge in [-0.3, -0.25) is 14.0 Å². The van der Waals surface area contributed by atoms with Crippen LogP contribution in [0.25, 0.3) is 5.78 Å². The van der Waals surface area contributed by atoms with Crippen LogP contribution in [-0.4, -0.2) is 44.2 Å². The number of fused-ring (bicyclic) bond motifs is 1. The molecule has 0 radical (unpaired) electrons. The molecule has 1 aliphatic rings. The van der Waals surface area contributed by atoms with Crippen LogP contribution in [-0.2, 0) is 9.59 Å². The topological polar surface area (TPSA) is 79.6 Å². The van der Waals surface area contributed by atoms with Crippen LogP contribution in [0.3, 0.4) is 0 Å². The second-order valence-electron chi connectivity index (χ2n) is 6.15. The maximum atomic E-state index is 12.4. The van der Waals surface area contributed by atoms with Gasteiger partial charge in [-0.2, -0.15) is 0 Å². The summed E-state index contributed by atoms with van der Waals surface area (Å²) in [5, 5.41) is 3.00. The van der Waals surface area contributed by atoms with E-state index in [1.165, 1.54) is 0 Å². The Kier molecular flexibility index (Phi) is 5.08. The molecule has 0 saturated carbocycles. The normalized spacial score (nSPS) is 16.9. The van der Waals surface area contributed by atoms with Gasteiger partial charge in [0.05, 0.1) is 18.3 Å². The number of nitrogens with one attached hydrogen (secondary N) is 1. The Morgan fingerprint density at radius 3 is 3.04 bits per heavy atom. The number of carbonyl (C=O) groups excluding carboxylic acids is 2. The van der Waals surface area contributed by atoms with Crippen molar-refractivity contribution < 1.29 is 9.59 Å². The molecule has 2 aromatic heterocycles. The van der Waals surface area contributed by atoms with Gasteiger partial charge in [0, 0.05) is 31.6 Å². The van der Waals surface area contributed by atoms with Gasteiger partial charge in [-0.05, 0) is 25.3 Å². The van der Waals surface area contributed by atoms with Crippen LogP contribution in [0.5, 0.6) is 0 Å².